The van der Waals surface area contributed by atoms with Gasteiger partial charge in [-0.05, 0) is 0 Å². The third kappa shape index (κ3) is 1.06. The van der Waals surface area contributed by atoms with Gasteiger partial charge in [-0.3, -0.25) is 0 Å². The molecule has 62 valence electrons. The molecule has 0 amide bonds. The van der Waals surface area contributed by atoms with Crippen molar-refractivity contribution in [3.05, 3.63) is 0 Å². The van der Waals surface area contributed by atoms with Gasteiger partial charge in [0.15, 0.2) is 6.10 Å². The normalized spacial score (nSPS) is 42.6. The Labute approximate surface area is 62.8 Å². The van der Waals surface area contributed by atoms with Gasteiger partial charge >= 0.3 is 6.16 Å². The Morgan fingerprint density at radius 3 is 3.09 bits per heavy atom. The summed E-state index contributed by atoms with van der Waals surface area (Å²) in [4.78, 5) is 10.5. The first-order chi connectivity index (χ1) is 5.27. The van der Waals surface area contributed by atoms with E-state index < -0.39 is 18.4 Å². The molecule has 3 unspecified atom stereocenters. The lowest BCUT2D eigenvalue weighted by molar-refractivity contribution is -0.0909. The Hall–Kier alpha value is -0.810. The molecule has 0 aromatic heterocycles. The second-order valence-corrected chi connectivity index (χ2v) is 2.58. The first-order valence-corrected chi connectivity index (χ1v) is 3.40. The van der Waals surface area contributed by atoms with Crippen molar-refractivity contribution in [2.75, 3.05) is 13.2 Å². The average molecular weight is 160 g/mol. The number of ether oxygens (including phenoxy) is 3. The zero-order chi connectivity index (χ0) is 7.84. The summed E-state index contributed by atoms with van der Waals surface area (Å²) >= 11 is 0. The van der Waals surface area contributed by atoms with Crippen LogP contribution in [0.1, 0.15) is 0 Å². The minimum Gasteiger partial charge on any atom is -0.431 e. The number of aliphatic hydroxyl groups is 1. The summed E-state index contributed by atoms with van der Waals surface area (Å²) in [6, 6.07) is 0. The molecule has 3 atom stereocenters. The van der Waals surface area contributed by atoms with E-state index in [0.717, 1.165) is 0 Å². The minimum atomic E-state index is -0.726. The number of aliphatic hydroxyl groups excluding tert-OH is 1. The highest BCUT2D eigenvalue weighted by molar-refractivity contribution is 5.61. The van der Waals surface area contributed by atoms with Gasteiger partial charge in [0.2, 0.25) is 0 Å². The van der Waals surface area contributed by atoms with E-state index in [-0.39, 0.29) is 19.3 Å². The van der Waals surface area contributed by atoms with Gasteiger partial charge in [0.25, 0.3) is 0 Å². The number of hydrogen-bond acceptors (Lipinski definition) is 5. The van der Waals surface area contributed by atoms with Gasteiger partial charge in [0.05, 0.1) is 6.61 Å². The topological polar surface area (TPSA) is 65.0 Å². The quantitative estimate of drug-likeness (QED) is 0.474. The Morgan fingerprint density at radius 1 is 1.45 bits per heavy atom. The van der Waals surface area contributed by atoms with E-state index in [1.807, 2.05) is 0 Å². The summed E-state index contributed by atoms with van der Waals surface area (Å²) < 4.78 is 14.3. The number of carbonyl (C=O) groups excluding carboxylic acids is 1. The number of rotatable bonds is 0. The number of hydrogen-bond donors (Lipinski definition) is 1. The monoisotopic (exact) mass is 160 g/mol. The van der Waals surface area contributed by atoms with Crippen molar-refractivity contribution < 1.29 is 24.1 Å². The van der Waals surface area contributed by atoms with E-state index in [1.54, 1.807) is 0 Å². The van der Waals surface area contributed by atoms with E-state index in [2.05, 4.69) is 9.47 Å². The zero-order valence-corrected chi connectivity index (χ0v) is 5.73. The fourth-order valence-corrected chi connectivity index (χ4v) is 1.25. The van der Waals surface area contributed by atoms with Crippen molar-refractivity contribution in [1.29, 1.82) is 0 Å². The number of carbonyl (C=O) groups is 1. The zero-order valence-electron chi connectivity index (χ0n) is 5.73. The maximum Gasteiger partial charge on any atom is 0.508 e. The molecule has 5 heteroatoms. The summed E-state index contributed by atoms with van der Waals surface area (Å²) in [6.45, 7) is 0.395. The molecule has 0 spiro atoms. The van der Waals surface area contributed by atoms with Gasteiger partial charge in [0, 0.05) is 0 Å². The van der Waals surface area contributed by atoms with E-state index in [9.17, 15) is 9.90 Å². The first-order valence-electron chi connectivity index (χ1n) is 3.40. The van der Waals surface area contributed by atoms with Gasteiger partial charge in [-0.25, -0.2) is 4.79 Å². The lowest BCUT2D eigenvalue weighted by Crippen LogP contribution is -2.42. The van der Waals surface area contributed by atoms with Crippen molar-refractivity contribution in [2.24, 2.45) is 0 Å². The fraction of sp³-hybridized carbons (Fsp3) is 0.833. The van der Waals surface area contributed by atoms with Crippen LogP contribution in [0, 0.1) is 0 Å². The molecule has 5 nitrogen and oxygen atoms in total. The fourth-order valence-electron chi connectivity index (χ4n) is 1.25. The van der Waals surface area contributed by atoms with Crippen LogP contribution >= 0.6 is 0 Å². The predicted octanol–water partition coefficient (Wildman–Crippen LogP) is -0.719. The second kappa shape index (κ2) is 2.35. The highest BCUT2D eigenvalue weighted by Gasteiger charge is 2.43. The first kappa shape index (κ1) is 6.87. The lowest BCUT2D eigenvalue weighted by Gasteiger charge is -2.24. The van der Waals surface area contributed by atoms with Gasteiger partial charge in [0.1, 0.15) is 18.8 Å². The summed E-state index contributed by atoms with van der Waals surface area (Å²) in [5.41, 5.74) is 0. The van der Waals surface area contributed by atoms with Crippen molar-refractivity contribution in [3.8, 4) is 0 Å². The number of cyclic esters (lactones) is 1. The van der Waals surface area contributed by atoms with E-state index in [1.165, 1.54) is 0 Å². The highest BCUT2D eigenvalue weighted by atomic mass is 16.8. The van der Waals surface area contributed by atoms with Crippen LogP contribution in [-0.2, 0) is 14.2 Å². The van der Waals surface area contributed by atoms with Crippen LogP contribution in [0.4, 0.5) is 4.79 Å². The summed E-state index contributed by atoms with van der Waals surface area (Å²) in [7, 11) is 0. The predicted molar refractivity (Wildman–Crippen MR) is 32.0 cm³/mol. The smallest absolute Gasteiger partial charge is 0.431 e. The molecule has 0 radical (unpaired) electrons. The van der Waals surface area contributed by atoms with Crippen molar-refractivity contribution in [1.82, 2.24) is 0 Å². The molecule has 2 saturated heterocycles. The van der Waals surface area contributed by atoms with E-state index in [0.29, 0.717) is 0 Å². The van der Waals surface area contributed by atoms with Crippen LogP contribution in [0.25, 0.3) is 0 Å². The van der Waals surface area contributed by atoms with E-state index in [4.69, 9.17) is 4.74 Å². The molecule has 2 aliphatic rings. The Bertz CT molecular complexity index is 180. The molecule has 0 aromatic rings. The average Bonchev–Trinajstić information content (AvgIpc) is 2.33. The summed E-state index contributed by atoms with van der Waals surface area (Å²) in [6.07, 6.45) is -2.25. The minimum absolute atomic E-state index is 0.181. The van der Waals surface area contributed by atoms with Gasteiger partial charge in [-0.15, -0.1) is 0 Å². The van der Waals surface area contributed by atoms with Crippen molar-refractivity contribution in [2.45, 2.75) is 18.3 Å². The van der Waals surface area contributed by atoms with Crippen LogP contribution in [0.5, 0.6) is 0 Å². The van der Waals surface area contributed by atoms with Crippen LogP contribution in [0.15, 0.2) is 0 Å². The van der Waals surface area contributed by atoms with Gasteiger partial charge in [-0.2, -0.15) is 0 Å². The molecular weight excluding hydrogens is 152 g/mol. The molecule has 2 fully saturated rings. The lowest BCUT2D eigenvalue weighted by atomic mass is 10.1. The maximum absolute atomic E-state index is 10.5. The van der Waals surface area contributed by atoms with Crippen LogP contribution < -0.4 is 0 Å². The highest BCUT2D eigenvalue weighted by Crippen LogP contribution is 2.22. The maximum atomic E-state index is 10.5. The third-order valence-electron chi connectivity index (χ3n) is 1.82. The van der Waals surface area contributed by atoms with E-state index >= 15 is 0 Å². The van der Waals surface area contributed by atoms with Crippen LogP contribution in [-0.4, -0.2) is 42.8 Å². The standard InChI is InChI=1S/C6H8O5/c7-3-1-9-4-2-10-6(8)11-5(3)4/h3-5,7H,1-2H2. The largest absolute Gasteiger partial charge is 0.508 e. The molecule has 0 saturated carbocycles. The summed E-state index contributed by atoms with van der Waals surface area (Å²) in [5.74, 6) is 0. The van der Waals surface area contributed by atoms with Crippen molar-refractivity contribution >= 4 is 6.16 Å². The third-order valence-corrected chi connectivity index (χ3v) is 1.82. The SMILES string of the molecule is O=C1OCC2OCC(O)C2O1. The summed E-state index contributed by atoms with van der Waals surface area (Å²) in [5, 5.41) is 9.18. The Morgan fingerprint density at radius 2 is 2.27 bits per heavy atom. The van der Waals surface area contributed by atoms with Crippen LogP contribution in [0.2, 0.25) is 0 Å². The molecule has 0 aliphatic carbocycles. The molecule has 2 aliphatic heterocycles. The molecule has 2 heterocycles. The second-order valence-electron chi connectivity index (χ2n) is 2.58. The van der Waals surface area contributed by atoms with Crippen LogP contribution in [0.3, 0.4) is 0 Å². The van der Waals surface area contributed by atoms with Gasteiger partial charge in [-0.1, -0.05) is 0 Å². The molecule has 0 aromatic carbocycles. The molecule has 2 rings (SSSR count). The molecule has 11 heavy (non-hydrogen) atoms. The molecule has 1 N–H and O–H groups in total. The Balaban J connectivity index is 2.07. The number of fused-ring (bicyclic) bond motifs is 1. The molecular formula is C6H8O5. The van der Waals surface area contributed by atoms with Gasteiger partial charge < -0.3 is 19.3 Å². The molecule has 0 bridgehead atoms. The Kier molecular flexibility index (Phi) is 1.47. The van der Waals surface area contributed by atoms with Crippen molar-refractivity contribution in [3.63, 3.8) is 0 Å².